The molecule has 1 rings (SSSR count). The molecule has 0 amide bonds. The second-order valence-electron chi connectivity index (χ2n) is 12.5. The number of carbonyl (C=O) groups is 2. The minimum Gasteiger partial charge on any atom is -0.455 e. The van der Waals surface area contributed by atoms with Gasteiger partial charge < -0.3 is 29.2 Å². The van der Waals surface area contributed by atoms with Crippen molar-refractivity contribution >= 4 is 11.9 Å². The molecule has 8 heteroatoms. The van der Waals surface area contributed by atoms with Gasteiger partial charge in [0.05, 0.1) is 6.61 Å². The molecule has 1 aliphatic heterocycles. The molecule has 254 valence electrons. The number of hydrogen-bond acceptors (Lipinski definition) is 8. The van der Waals surface area contributed by atoms with Gasteiger partial charge in [-0.25, -0.2) is 0 Å². The summed E-state index contributed by atoms with van der Waals surface area (Å²) in [7, 11) is 1.45. The molecule has 8 nitrogen and oxygen atoms in total. The lowest BCUT2D eigenvalue weighted by molar-refractivity contribution is -0.294. The van der Waals surface area contributed by atoms with Gasteiger partial charge >= 0.3 is 11.9 Å². The van der Waals surface area contributed by atoms with Crippen molar-refractivity contribution in [3.05, 3.63) is 0 Å². The largest absolute Gasteiger partial charge is 0.455 e. The fraction of sp³-hybridized carbons (Fsp3) is 0.943. The van der Waals surface area contributed by atoms with Gasteiger partial charge in [-0.15, -0.1) is 0 Å². The summed E-state index contributed by atoms with van der Waals surface area (Å²) in [4.78, 5) is 25.3. The van der Waals surface area contributed by atoms with Crippen LogP contribution in [0.1, 0.15) is 168 Å². The maximum atomic E-state index is 12.7. The van der Waals surface area contributed by atoms with Crippen molar-refractivity contribution in [2.24, 2.45) is 0 Å². The maximum absolute atomic E-state index is 12.7. The molecule has 0 aliphatic carbocycles. The summed E-state index contributed by atoms with van der Waals surface area (Å²) in [5.41, 5.74) is 0. The molecule has 1 saturated heterocycles. The lowest BCUT2D eigenvalue weighted by atomic mass is 9.98. The molecule has 0 bridgehead atoms. The summed E-state index contributed by atoms with van der Waals surface area (Å²) in [5.74, 6) is -0.968. The van der Waals surface area contributed by atoms with Crippen LogP contribution in [0.5, 0.6) is 0 Å². The molecule has 43 heavy (non-hydrogen) atoms. The van der Waals surface area contributed by atoms with Gasteiger partial charge in [0.25, 0.3) is 0 Å². The summed E-state index contributed by atoms with van der Waals surface area (Å²) >= 11 is 0. The molecule has 0 radical (unpaired) electrons. The van der Waals surface area contributed by atoms with Gasteiger partial charge in [-0.2, -0.15) is 0 Å². The first kappa shape index (κ1) is 39.8. The molecule has 0 aromatic carbocycles. The summed E-state index contributed by atoms with van der Waals surface area (Å²) in [6.07, 6.45) is 20.1. The number of esters is 2. The van der Waals surface area contributed by atoms with E-state index >= 15 is 0 Å². The minimum atomic E-state index is -1.52. The van der Waals surface area contributed by atoms with Gasteiger partial charge in [0.1, 0.15) is 12.2 Å². The van der Waals surface area contributed by atoms with Crippen molar-refractivity contribution in [3.63, 3.8) is 0 Å². The van der Waals surface area contributed by atoms with E-state index in [4.69, 9.17) is 18.9 Å². The molecular weight excluding hydrogens is 548 g/mol. The normalized spacial score (nSPS) is 22.0. The highest BCUT2D eigenvalue weighted by Crippen LogP contribution is 2.27. The van der Waals surface area contributed by atoms with E-state index in [1.54, 1.807) is 0 Å². The number of ether oxygens (including phenoxy) is 4. The molecule has 1 fully saturated rings. The predicted octanol–water partition coefficient (Wildman–Crippen LogP) is 7.94. The van der Waals surface area contributed by atoms with E-state index in [1.165, 1.54) is 110 Å². The van der Waals surface area contributed by atoms with Gasteiger partial charge in [0.15, 0.2) is 18.5 Å². The van der Waals surface area contributed by atoms with Gasteiger partial charge in [-0.05, 0) is 12.8 Å². The molecular formula is C35H66O8. The van der Waals surface area contributed by atoms with Crippen molar-refractivity contribution in [1.82, 2.24) is 0 Å². The third-order valence-electron chi connectivity index (χ3n) is 8.47. The molecule has 0 aromatic rings. The van der Waals surface area contributed by atoms with E-state index in [9.17, 15) is 19.8 Å². The molecule has 1 aliphatic rings. The number of unbranched alkanes of at least 4 members (excludes halogenated alkanes) is 20. The smallest absolute Gasteiger partial charge is 0.306 e. The first-order chi connectivity index (χ1) is 20.9. The monoisotopic (exact) mass is 614 g/mol. The first-order valence-corrected chi connectivity index (χ1v) is 17.8. The second-order valence-corrected chi connectivity index (χ2v) is 12.5. The number of aliphatic hydroxyl groups is 2. The highest BCUT2D eigenvalue weighted by Gasteiger charge is 2.49. The first-order valence-electron chi connectivity index (χ1n) is 17.8. The lowest BCUT2D eigenvalue weighted by Crippen LogP contribution is -2.61. The van der Waals surface area contributed by atoms with Crippen molar-refractivity contribution in [2.75, 3.05) is 13.7 Å². The van der Waals surface area contributed by atoms with Crippen LogP contribution in [-0.4, -0.2) is 66.6 Å². The molecule has 2 N–H and O–H groups in total. The van der Waals surface area contributed by atoms with Gasteiger partial charge in [0, 0.05) is 20.0 Å². The van der Waals surface area contributed by atoms with E-state index in [0.717, 1.165) is 25.7 Å². The predicted molar refractivity (Wildman–Crippen MR) is 171 cm³/mol. The van der Waals surface area contributed by atoms with Crippen molar-refractivity contribution in [1.29, 1.82) is 0 Å². The summed E-state index contributed by atoms with van der Waals surface area (Å²) in [5, 5.41) is 21.5. The van der Waals surface area contributed by atoms with Gasteiger partial charge in [0.2, 0.25) is 0 Å². The molecule has 0 spiro atoms. The number of methoxy groups -OCH3 is 1. The Morgan fingerprint density at radius 3 is 1.28 bits per heavy atom. The fourth-order valence-electron chi connectivity index (χ4n) is 5.76. The fourth-order valence-corrected chi connectivity index (χ4v) is 5.76. The molecule has 0 saturated carbocycles. The van der Waals surface area contributed by atoms with Crippen molar-refractivity contribution in [2.45, 2.75) is 199 Å². The minimum absolute atomic E-state index is 0.00425. The maximum Gasteiger partial charge on any atom is 0.306 e. The average molecular weight is 615 g/mol. The van der Waals surface area contributed by atoms with E-state index in [0.29, 0.717) is 12.8 Å². The van der Waals surface area contributed by atoms with Crippen LogP contribution >= 0.6 is 0 Å². The Bertz CT molecular complexity index is 672. The Balaban J connectivity index is 2.36. The Morgan fingerprint density at radius 1 is 0.558 bits per heavy atom. The van der Waals surface area contributed by atoms with Crippen LogP contribution in [-0.2, 0) is 28.5 Å². The summed E-state index contributed by atoms with van der Waals surface area (Å²) in [6, 6.07) is 0. The number of hydrogen-bond donors (Lipinski definition) is 2. The molecule has 0 unspecified atom stereocenters. The summed E-state index contributed by atoms with van der Waals surface area (Å²) in [6.45, 7) is 4.47. The van der Waals surface area contributed by atoms with E-state index in [-0.39, 0.29) is 19.4 Å². The van der Waals surface area contributed by atoms with E-state index in [2.05, 4.69) is 13.8 Å². The zero-order valence-corrected chi connectivity index (χ0v) is 27.9. The van der Waals surface area contributed by atoms with Gasteiger partial charge in [-0.1, -0.05) is 142 Å². The third-order valence-corrected chi connectivity index (χ3v) is 8.47. The van der Waals surface area contributed by atoms with Crippen molar-refractivity contribution < 1.29 is 38.7 Å². The number of rotatable bonds is 28. The van der Waals surface area contributed by atoms with Gasteiger partial charge in [-0.3, -0.25) is 9.59 Å². The van der Waals surface area contributed by atoms with E-state index < -0.39 is 42.6 Å². The highest BCUT2D eigenvalue weighted by molar-refractivity contribution is 5.70. The Hall–Kier alpha value is -1.22. The summed E-state index contributed by atoms with van der Waals surface area (Å²) < 4.78 is 21.7. The van der Waals surface area contributed by atoms with Crippen LogP contribution < -0.4 is 0 Å². The zero-order valence-electron chi connectivity index (χ0n) is 27.9. The highest BCUT2D eigenvalue weighted by atomic mass is 16.7. The lowest BCUT2D eigenvalue weighted by Gasteiger charge is -2.41. The Morgan fingerprint density at radius 2 is 0.907 bits per heavy atom. The second kappa shape index (κ2) is 27.1. The van der Waals surface area contributed by atoms with Crippen LogP contribution in [0.2, 0.25) is 0 Å². The quantitative estimate of drug-likeness (QED) is 0.0675. The van der Waals surface area contributed by atoms with Crippen LogP contribution in [0.25, 0.3) is 0 Å². The molecule has 1 heterocycles. The average Bonchev–Trinajstić information content (AvgIpc) is 2.99. The van der Waals surface area contributed by atoms with Crippen LogP contribution in [0.15, 0.2) is 0 Å². The topological polar surface area (TPSA) is 112 Å². The Kier molecular flexibility index (Phi) is 25.1. The molecule has 5 atom stereocenters. The Labute approximate surface area is 263 Å². The number of carbonyl (C=O) groups excluding carboxylic acids is 2. The van der Waals surface area contributed by atoms with E-state index in [1.807, 2.05) is 0 Å². The van der Waals surface area contributed by atoms with Crippen LogP contribution in [0, 0.1) is 0 Å². The molecule has 0 aromatic heterocycles. The van der Waals surface area contributed by atoms with Crippen molar-refractivity contribution in [3.8, 4) is 0 Å². The van der Waals surface area contributed by atoms with Crippen LogP contribution in [0.3, 0.4) is 0 Å². The SMILES string of the molecule is CCCCCCCCCCCCCC(=O)O[C@@H]1[C@@H](OC(=O)CCCCCCCCCCCCC)[C@H](O)[C@@H](COC)O[C@@H]1O. The zero-order chi connectivity index (χ0) is 31.5. The standard InChI is InChI=1S/C35H66O8/c1-4-6-8-10-12-14-16-18-20-22-24-26-30(36)42-33-32(38)29(28-40-3)41-35(39)34(33)43-31(37)27-25-23-21-19-17-15-13-11-9-7-5-2/h29,32-35,38-39H,4-28H2,1-3H3/t29-,32-,33+,34-,35+/m1/s1. The third kappa shape index (κ3) is 19.7. The van der Waals surface area contributed by atoms with Crippen LogP contribution in [0.4, 0.5) is 0 Å². The number of aliphatic hydroxyl groups excluding tert-OH is 2.